The highest BCUT2D eigenvalue weighted by molar-refractivity contribution is 6.33. The second-order valence-electron chi connectivity index (χ2n) is 6.82. The number of amides is 2. The van der Waals surface area contributed by atoms with Gasteiger partial charge in [-0.1, -0.05) is 23.7 Å². The molecule has 0 aliphatic rings. The van der Waals surface area contributed by atoms with Gasteiger partial charge in [0, 0.05) is 31.5 Å². The number of benzene rings is 2. The van der Waals surface area contributed by atoms with Crippen molar-refractivity contribution in [3.8, 4) is 11.4 Å². The van der Waals surface area contributed by atoms with E-state index in [1.54, 1.807) is 31.2 Å². The van der Waals surface area contributed by atoms with E-state index in [0.717, 1.165) is 5.56 Å². The minimum Gasteiger partial charge on any atom is -0.496 e. The Morgan fingerprint density at radius 2 is 1.84 bits per heavy atom. The summed E-state index contributed by atoms with van der Waals surface area (Å²) in [4.78, 5) is 26.9. The quantitative estimate of drug-likeness (QED) is 0.571. The summed E-state index contributed by atoms with van der Waals surface area (Å²) < 4.78 is 20.2. The molecule has 1 heterocycles. The number of ether oxygens (including phenoxy) is 1. The number of methoxy groups -OCH3 is 1. The fraction of sp³-hybridized carbons (Fsp3) is 0.217. The molecule has 0 unspecified atom stereocenters. The second-order valence-corrected chi connectivity index (χ2v) is 7.22. The Hall–Kier alpha value is -3.32. The lowest BCUT2D eigenvalue weighted by Crippen LogP contribution is -2.40. The molecule has 3 rings (SSSR count). The summed E-state index contributed by atoms with van der Waals surface area (Å²) >= 11 is 6.42. The van der Waals surface area contributed by atoms with Crippen LogP contribution >= 0.6 is 11.6 Å². The topological polar surface area (TPSA) is 63.6 Å². The molecule has 0 radical (unpaired) electrons. The molecular formula is C23H23ClFN3O3. The largest absolute Gasteiger partial charge is 0.496 e. The van der Waals surface area contributed by atoms with Gasteiger partial charge in [-0.3, -0.25) is 9.59 Å². The first-order chi connectivity index (χ1) is 14.9. The predicted molar refractivity (Wildman–Crippen MR) is 117 cm³/mol. The average Bonchev–Trinajstić information content (AvgIpc) is 3.31. The minimum absolute atomic E-state index is 0.128. The van der Waals surface area contributed by atoms with Crippen LogP contribution in [0.15, 0.2) is 60.9 Å². The maximum absolute atomic E-state index is 13.1. The van der Waals surface area contributed by atoms with Crippen molar-refractivity contribution in [2.75, 3.05) is 20.2 Å². The Labute approximate surface area is 185 Å². The Kier molecular flexibility index (Phi) is 7.31. The first-order valence-corrected chi connectivity index (χ1v) is 10.1. The Morgan fingerprint density at radius 1 is 1.16 bits per heavy atom. The molecule has 0 atom stereocenters. The van der Waals surface area contributed by atoms with Crippen LogP contribution in [0.25, 0.3) is 5.69 Å². The Morgan fingerprint density at radius 3 is 2.45 bits per heavy atom. The second kappa shape index (κ2) is 10.1. The van der Waals surface area contributed by atoms with Crippen LogP contribution in [-0.4, -0.2) is 41.5 Å². The number of rotatable bonds is 8. The number of likely N-dealkylation sites (N-methyl/N-ethyl adjacent to an activating group) is 1. The molecule has 6 nitrogen and oxygen atoms in total. The highest BCUT2D eigenvalue weighted by Crippen LogP contribution is 2.30. The molecule has 2 aromatic carbocycles. The molecule has 0 spiro atoms. The van der Waals surface area contributed by atoms with Crippen LogP contribution in [0.1, 0.15) is 22.8 Å². The van der Waals surface area contributed by atoms with Crippen molar-refractivity contribution in [1.82, 2.24) is 14.8 Å². The lowest BCUT2D eigenvalue weighted by molar-refractivity contribution is -0.121. The molecule has 0 aliphatic carbocycles. The fourth-order valence-corrected chi connectivity index (χ4v) is 3.36. The van der Waals surface area contributed by atoms with Gasteiger partial charge >= 0.3 is 0 Å². The first kappa shape index (κ1) is 22.4. The minimum atomic E-state index is -0.364. The number of aromatic nitrogens is 1. The number of hydrogen-bond donors (Lipinski definition) is 1. The zero-order valence-electron chi connectivity index (χ0n) is 17.3. The number of hydrogen-bond acceptors (Lipinski definition) is 3. The third-order valence-electron chi connectivity index (χ3n) is 4.79. The van der Waals surface area contributed by atoms with Gasteiger partial charge in [-0.05, 0) is 42.8 Å². The molecule has 0 saturated carbocycles. The van der Waals surface area contributed by atoms with Crippen molar-refractivity contribution in [2.45, 2.75) is 13.5 Å². The maximum Gasteiger partial charge on any atom is 0.258 e. The monoisotopic (exact) mass is 443 g/mol. The van der Waals surface area contributed by atoms with Crippen molar-refractivity contribution in [3.63, 3.8) is 0 Å². The average molecular weight is 444 g/mol. The van der Waals surface area contributed by atoms with E-state index >= 15 is 0 Å². The highest BCUT2D eigenvalue weighted by Gasteiger charge is 2.22. The molecule has 1 aromatic heterocycles. The number of nitrogens with zero attached hydrogens (tertiary/aromatic N) is 2. The molecule has 0 saturated heterocycles. The predicted octanol–water partition coefficient (Wildman–Crippen LogP) is 4.06. The van der Waals surface area contributed by atoms with Gasteiger partial charge in [0.25, 0.3) is 5.91 Å². The van der Waals surface area contributed by atoms with Gasteiger partial charge in [-0.25, -0.2) is 4.39 Å². The fourth-order valence-electron chi connectivity index (χ4n) is 3.10. The lowest BCUT2D eigenvalue weighted by Gasteiger charge is -2.22. The molecule has 31 heavy (non-hydrogen) atoms. The van der Waals surface area contributed by atoms with E-state index in [0.29, 0.717) is 23.0 Å². The number of carbonyl (C=O) groups excluding carboxylic acids is 2. The van der Waals surface area contributed by atoms with E-state index in [-0.39, 0.29) is 36.3 Å². The van der Waals surface area contributed by atoms with E-state index < -0.39 is 0 Å². The Bertz CT molecular complexity index is 1050. The van der Waals surface area contributed by atoms with Crippen LogP contribution in [0.2, 0.25) is 5.02 Å². The van der Waals surface area contributed by atoms with E-state index in [9.17, 15) is 14.0 Å². The number of halogens is 2. The van der Waals surface area contributed by atoms with Crippen molar-refractivity contribution >= 4 is 23.4 Å². The van der Waals surface area contributed by atoms with Gasteiger partial charge in [-0.15, -0.1) is 0 Å². The van der Waals surface area contributed by atoms with Gasteiger partial charge in [-0.2, -0.15) is 0 Å². The molecule has 2 amide bonds. The SMILES string of the molecule is CCN(CC(=O)NCc1ccc(F)cc1)C(=O)c1cc(Cl)c(-n2cccc2)cc1OC. The molecular weight excluding hydrogens is 421 g/mol. The van der Waals surface area contributed by atoms with Gasteiger partial charge in [0.15, 0.2) is 0 Å². The zero-order chi connectivity index (χ0) is 22.4. The lowest BCUT2D eigenvalue weighted by atomic mass is 10.1. The van der Waals surface area contributed by atoms with Crippen LogP contribution in [0.5, 0.6) is 5.75 Å². The van der Waals surface area contributed by atoms with Gasteiger partial charge < -0.3 is 19.5 Å². The summed E-state index contributed by atoms with van der Waals surface area (Å²) in [6, 6.07) is 12.8. The summed E-state index contributed by atoms with van der Waals surface area (Å²) in [7, 11) is 1.48. The van der Waals surface area contributed by atoms with Gasteiger partial charge in [0.2, 0.25) is 5.91 Å². The van der Waals surface area contributed by atoms with E-state index in [2.05, 4.69) is 5.32 Å². The summed E-state index contributed by atoms with van der Waals surface area (Å²) in [5, 5.41) is 3.13. The number of nitrogens with one attached hydrogen (secondary N) is 1. The standard InChI is InChI=1S/C23H23ClFN3O3/c1-3-27(15-22(29)26-14-16-6-8-17(25)9-7-16)23(30)18-12-19(24)20(13-21(18)31-2)28-10-4-5-11-28/h4-13H,3,14-15H2,1-2H3,(H,26,29). The smallest absolute Gasteiger partial charge is 0.258 e. The maximum atomic E-state index is 13.1. The first-order valence-electron chi connectivity index (χ1n) is 9.74. The summed E-state index contributed by atoms with van der Waals surface area (Å²) in [6.07, 6.45) is 3.68. The van der Waals surface area contributed by atoms with Crippen molar-refractivity contribution in [3.05, 3.63) is 82.9 Å². The molecule has 0 aliphatic heterocycles. The van der Waals surface area contributed by atoms with Crippen LogP contribution in [0.4, 0.5) is 4.39 Å². The zero-order valence-corrected chi connectivity index (χ0v) is 18.0. The van der Waals surface area contributed by atoms with Crippen molar-refractivity contribution < 1.29 is 18.7 Å². The van der Waals surface area contributed by atoms with Crippen LogP contribution in [-0.2, 0) is 11.3 Å². The normalized spacial score (nSPS) is 10.6. The Balaban J connectivity index is 1.72. The molecule has 3 aromatic rings. The molecule has 1 N–H and O–H groups in total. The third kappa shape index (κ3) is 5.44. The van der Waals surface area contributed by atoms with Crippen LogP contribution in [0, 0.1) is 5.82 Å². The van der Waals surface area contributed by atoms with Crippen molar-refractivity contribution in [2.24, 2.45) is 0 Å². The molecule has 0 bridgehead atoms. The summed E-state index contributed by atoms with van der Waals surface area (Å²) in [5.41, 5.74) is 1.72. The van der Waals surface area contributed by atoms with E-state index in [4.69, 9.17) is 16.3 Å². The van der Waals surface area contributed by atoms with Crippen LogP contribution in [0.3, 0.4) is 0 Å². The summed E-state index contributed by atoms with van der Waals surface area (Å²) in [5.74, 6) is -0.665. The molecule has 162 valence electrons. The molecule has 8 heteroatoms. The molecule has 0 fully saturated rings. The highest BCUT2D eigenvalue weighted by atomic mass is 35.5. The van der Waals surface area contributed by atoms with Crippen molar-refractivity contribution in [1.29, 1.82) is 0 Å². The summed E-state index contributed by atoms with van der Waals surface area (Å²) in [6.45, 7) is 2.22. The van der Waals surface area contributed by atoms with Gasteiger partial charge in [0.05, 0.1) is 29.9 Å². The van der Waals surface area contributed by atoms with E-state index in [1.807, 2.05) is 29.1 Å². The van der Waals surface area contributed by atoms with Crippen LogP contribution < -0.4 is 10.1 Å². The third-order valence-corrected chi connectivity index (χ3v) is 5.09. The van der Waals surface area contributed by atoms with E-state index in [1.165, 1.54) is 24.1 Å². The van der Waals surface area contributed by atoms with Gasteiger partial charge in [0.1, 0.15) is 11.6 Å². The number of carbonyl (C=O) groups is 2.